The summed E-state index contributed by atoms with van der Waals surface area (Å²) >= 11 is 7.51. The summed E-state index contributed by atoms with van der Waals surface area (Å²) < 4.78 is 0.869. The van der Waals surface area contributed by atoms with Crippen LogP contribution in [0.4, 0.5) is 0 Å². The first-order valence-electron chi connectivity index (χ1n) is 4.58. The zero-order chi connectivity index (χ0) is 9.84. The van der Waals surface area contributed by atoms with E-state index in [2.05, 4.69) is 32.2 Å². The molecule has 1 nitrogen and oxygen atoms in total. The lowest BCUT2D eigenvalue weighted by atomic mass is 10.2. The van der Waals surface area contributed by atoms with E-state index < -0.39 is 0 Å². The Morgan fingerprint density at radius 2 is 2.08 bits per heavy atom. The topological polar surface area (TPSA) is 12.0 Å². The van der Waals surface area contributed by atoms with Crippen LogP contribution in [0.25, 0.3) is 0 Å². The van der Waals surface area contributed by atoms with Crippen molar-refractivity contribution in [3.63, 3.8) is 0 Å². The fourth-order valence-electron chi connectivity index (χ4n) is 1.07. The molecule has 0 amide bonds. The van der Waals surface area contributed by atoms with E-state index in [0.717, 1.165) is 10.9 Å². The van der Waals surface area contributed by atoms with Gasteiger partial charge in [-0.3, -0.25) is 0 Å². The third-order valence-corrected chi connectivity index (χ3v) is 3.27. The van der Waals surface area contributed by atoms with Gasteiger partial charge in [0, 0.05) is 10.9 Å². The Morgan fingerprint density at radius 3 is 2.54 bits per heavy atom. The average Bonchev–Trinajstić information content (AvgIpc) is 2.47. The van der Waals surface area contributed by atoms with Crippen molar-refractivity contribution in [3.8, 4) is 0 Å². The lowest BCUT2D eigenvalue weighted by Crippen LogP contribution is -2.22. The van der Waals surface area contributed by atoms with Gasteiger partial charge in [-0.05, 0) is 31.5 Å². The van der Waals surface area contributed by atoms with Crippen molar-refractivity contribution in [2.75, 3.05) is 6.54 Å². The van der Waals surface area contributed by atoms with E-state index in [9.17, 15) is 0 Å². The monoisotopic (exact) mass is 217 g/mol. The molecule has 0 bridgehead atoms. The molecule has 0 radical (unpaired) electrons. The molecular weight excluding hydrogens is 202 g/mol. The Kier molecular flexibility index (Phi) is 4.23. The van der Waals surface area contributed by atoms with Crippen molar-refractivity contribution in [1.82, 2.24) is 5.32 Å². The van der Waals surface area contributed by atoms with Gasteiger partial charge in [0.2, 0.25) is 0 Å². The maximum Gasteiger partial charge on any atom is 0.0931 e. The van der Waals surface area contributed by atoms with E-state index in [1.165, 1.54) is 4.88 Å². The molecule has 0 fully saturated rings. The van der Waals surface area contributed by atoms with Crippen LogP contribution in [-0.4, -0.2) is 6.54 Å². The molecule has 1 aromatic heterocycles. The smallest absolute Gasteiger partial charge is 0.0931 e. The zero-order valence-electron chi connectivity index (χ0n) is 8.30. The van der Waals surface area contributed by atoms with Crippen molar-refractivity contribution in [1.29, 1.82) is 0 Å². The summed E-state index contributed by atoms with van der Waals surface area (Å²) in [5.41, 5.74) is 0. The van der Waals surface area contributed by atoms with Crippen molar-refractivity contribution >= 4 is 22.9 Å². The first-order valence-corrected chi connectivity index (χ1v) is 5.77. The molecule has 1 atom stereocenters. The second kappa shape index (κ2) is 4.99. The molecule has 74 valence electrons. The first-order chi connectivity index (χ1) is 6.09. The summed E-state index contributed by atoms with van der Waals surface area (Å²) in [5.74, 6) is 0.692. The molecule has 0 aromatic carbocycles. The second-order valence-electron chi connectivity index (χ2n) is 3.67. The van der Waals surface area contributed by atoms with Gasteiger partial charge >= 0.3 is 0 Å². The van der Waals surface area contributed by atoms with Gasteiger partial charge < -0.3 is 5.32 Å². The van der Waals surface area contributed by atoms with Crippen molar-refractivity contribution < 1.29 is 0 Å². The molecule has 1 heterocycles. The van der Waals surface area contributed by atoms with E-state index >= 15 is 0 Å². The highest BCUT2D eigenvalue weighted by Gasteiger charge is 2.07. The summed E-state index contributed by atoms with van der Waals surface area (Å²) in [6.07, 6.45) is 0. The molecule has 0 unspecified atom stereocenters. The van der Waals surface area contributed by atoms with E-state index in [1.807, 2.05) is 6.07 Å². The van der Waals surface area contributed by atoms with Crippen LogP contribution in [0, 0.1) is 5.92 Å². The van der Waals surface area contributed by atoms with Crippen LogP contribution < -0.4 is 5.32 Å². The Bertz CT molecular complexity index is 257. The molecule has 0 saturated carbocycles. The lowest BCUT2D eigenvalue weighted by Gasteiger charge is -2.13. The zero-order valence-corrected chi connectivity index (χ0v) is 9.88. The highest BCUT2D eigenvalue weighted by atomic mass is 35.5. The van der Waals surface area contributed by atoms with Crippen LogP contribution in [0.2, 0.25) is 4.34 Å². The molecule has 1 aromatic rings. The lowest BCUT2D eigenvalue weighted by molar-refractivity contribution is 0.500. The standard InChI is InChI=1S/C10H16ClNS/c1-7(2)6-12-8(3)9-4-5-10(11)13-9/h4-5,7-8,12H,6H2,1-3H3/t8-/m0/s1. The third-order valence-electron chi connectivity index (χ3n) is 1.85. The second-order valence-corrected chi connectivity index (χ2v) is 5.41. The molecule has 0 spiro atoms. The van der Waals surface area contributed by atoms with Gasteiger partial charge in [0.1, 0.15) is 0 Å². The summed E-state index contributed by atoms with van der Waals surface area (Å²) in [7, 11) is 0. The number of nitrogens with one attached hydrogen (secondary N) is 1. The Morgan fingerprint density at radius 1 is 1.38 bits per heavy atom. The van der Waals surface area contributed by atoms with Crippen LogP contribution in [0.15, 0.2) is 12.1 Å². The molecule has 0 aliphatic heterocycles. The largest absolute Gasteiger partial charge is 0.309 e. The van der Waals surface area contributed by atoms with Gasteiger partial charge in [-0.25, -0.2) is 0 Å². The van der Waals surface area contributed by atoms with Crippen LogP contribution in [0.5, 0.6) is 0 Å². The minimum Gasteiger partial charge on any atom is -0.309 e. The van der Waals surface area contributed by atoms with Gasteiger partial charge in [0.25, 0.3) is 0 Å². The van der Waals surface area contributed by atoms with Crippen LogP contribution in [0.3, 0.4) is 0 Å². The van der Waals surface area contributed by atoms with Crippen LogP contribution >= 0.6 is 22.9 Å². The summed E-state index contributed by atoms with van der Waals surface area (Å²) in [5, 5.41) is 3.46. The molecule has 13 heavy (non-hydrogen) atoms. The van der Waals surface area contributed by atoms with E-state index in [0.29, 0.717) is 12.0 Å². The summed E-state index contributed by atoms with van der Waals surface area (Å²) in [6, 6.07) is 4.46. The minimum atomic E-state index is 0.417. The minimum absolute atomic E-state index is 0.417. The summed E-state index contributed by atoms with van der Waals surface area (Å²) in [6.45, 7) is 7.64. The third kappa shape index (κ3) is 3.67. The molecule has 1 rings (SSSR count). The van der Waals surface area contributed by atoms with E-state index in [-0.39, 0.29) is 0 Å². The molecular formula is C10H16ClNS. The predicted molar refractivity (Wildman–Crippen MR) is 60.6 cm³/mol. The van der Waals surface area contributed by atoms with Gasteiger partial charge in [-0.1, -0.05) is 25.4 Å². The maximum absolute atomic E-state index is 5.86. The number of halogens is 1. The first kappa shape index (κ1) is 11.0. The normalized spacial score (nSPS) is 13.6. The fourth-order valence-corrected chi connectivity index (χ4v) is 2.16. The quantitative estimate of drug-likeness (QED) is 0.811. The van der Waals surface area contributed by atoms with Gasteiger partial charge in [0.05, 0.1) is 4.34 Å². The Balaban J connectivity index is 2.44. The van der Waals surface area contributed by atoms with E-state index in [1.54, 1.807) is 11.3 Å². The maximum atomic E-state index is 5.86. The number of hydrogen-bond donors (Lipinski definition) is 1. The Labute approximate surface area is 89.1 Å². The molecule has 0 aliphatic rings. The van der Waals surface area contributed by atoms with Gasteiger partial charge in [-0.2, -0.15) is 0 Å². The highest BCUT2D eigenvalue weighted by molar-refractivity contribution is 7.16. The van der Waals surface area contributed by atoms with Crippen LogP contribution in [-0.2, 0) is 0 Å². The van der Waals surface area contributed by atoms with Crippen molar-refractivity contribution in [3.05, 3.63) is 21.3 Å². The predicted octanol–water partition coefficient (Wildman–Crippen LogP) is 3.71. The number of hydrogen-bond acceptors (Lipinski definition) is 2. The van der Waals surface area contributed by atoms with Crippen molar-refractivity contribution in [2.45, 2.75) is 26.8 Å². The summed E-state index contributed by atoms with van der Waals surface area (Å²) in [4.78, 5) is 1.31. The molecule has 1 N–H and O–H groups in total. The van der Waals surface area contributed by atoms with Gasteiger partial charge in [0.15, 0.2) is 0 Å². The average molecular weight is 218 g/mol. The molecule has 0 saturated heterocycles. The fraction of sp³-hybridized carbons (Fsp3) is 0.600. The SMILES string of the molecule is CC(C)CN[C@@H](C)c1ccc(Cl)s1. The molecule has 0 aliphatic carbocycles. The van der Waals surface area contributed by atoms with Gasteiger partial charge in [-0.15, -0.1) is 11.3 Å². The van der Waals surface area contributed by atoms with Crippen LogP contribution in [0.1, 0.15) is 31.7 Å². The number of rotatable bonds is 4. The van der Waals surface area contributed by atoms with Crippen molar-refractivity contribution in [2.24, 2.45) is 5.92 Å². The molecule has 3 heteroatoms. The Hall–Kier alpha value is -0.0500. The highest BCUT2D eigenvalue weighted by Crippen LogP contribution is 2.26. The van der Waals surface area contributed by atoms with E-state index in [4.69, 9.17) is 11.6 Å². The number of thiophene rings is 1.